The minimum absolute atomic E-state index is 0.181. The second-order valence-corrected chi connectivity index (χ2v) is 7.27. The number of aromatic nitrogens is 2. The van der Waals surface area contributed by atoms with E-state index in [4.69, 9.17) is 26.3 Å². The lowest BCUT2D eigenvalue weighted by Crippen LogP contribution is -2.60. The molecule has 0 unspecified atom stereocenters. The number of rotatable bonds is 4. The van der Waals surface area contributed by atoms with Crippen LogP contribution in [0.15, 0.2) is 42.7 Å². The molecule has 0 spiro atoms. The van der Waals surface area contributed by atoms with Crippen molar-refractivity contribution in [2.45, 2.75) is 30.7 Å². The predicted molar refractivity (Wildman–Crippen MR) is 105 cm³/mol. The molecule has 0 aliphatic carbocycles. The van der Waals surface area contributed by atoms with Gasteiger partial charge in [0, 0.05) is 23.5 Å². The Hall–Kier alpha value is -2.71. The molecule has 0 saturated carbocycles. The molecule has 9 nitrogen and oxygen atoms in total. The third-order valence-electron chi connectivity index (χ3n) is 4.94. The fourth-order valence-electron chi connectivity index (χ4n) is 3.32. The lowest BCUT2D eigenvalue weighted by atomic mass is 9.99. The van der Waals surface area contributed by atoms with Crippen LogP contribution in [0.5, 0.6) is 5.75 Å². The van der Waals surface area contributed by atoms with Crippen LogP contribution in [-0.4, -0.2) is 67.3 Å². The van der Waals surface area contributed by atoms with Crippen molar-refractivity contribution in [2.24, 2.45) is 0 Å². The average molecular weight is 432 g/mol. The van der Waals surface area contributed by atoms with Gasteiger partial charge < -0.3 is 34.5 Å². The van der Waals surface area contributed by atoms with Gasteiger partial charge in [0.05, 0.1) is 17.2 Å². The van der Waals surface area contributed by atoms with Crippen LogP contribution >= 0.6 is 11.6 Å². The molecule has 1 aliphatic rings. The summed E-state index contributed by atoms with van der Waals surface area (Å²) in [4.78, 5) is 4.32. The standard InChI is InChI=1S/C20H18ClN3O6/c21-13-6-12(24-4-3-11-5-10(7-22)8-23-19(11)24)1-2-14(13)29-20-18(28)17(27)16(26)15(9-25)30-20/h1-6,8,15-18,20,25-28H,9H2/t15-,16-,17+,18+,20+/m1/s1. The fourth-order valence-corrected chi connectivity index (χ4v) is 3.54. The van der Waals surface area contributed by atoms with Gasteiger partial charge in [-0.25, -0.2) is 4.98 Å². The van der Waals surface area contributed by atoms with Gasteiger partial charge in [-0.2, -0.15) is 5.26 Å². The zero-order chi connectivity index (χ0) is 21.4. The summed E-state index contributed by atoms with van der Waals surface area (Å²) in [6, 6.07) is 10.5. The normalized spacial score (nSPS) is 26.5. The zero-order valence-electron chi connectivity index (χ0n) is 15.5. The van der Waals surface area contributed by atoms with Crippen molar-refractivity contribution in [1.29, 1.82) is 5.26 Å². The quantitative estimate of drug-likeness (QED) is 0.473. The zero-order valence-corrected chi connectivity index (χ0v) is 16.2. The van der Waals surface area contributed by atoms with E-state index in [0.717, 1.165) is 5.39 Å². The highest BCUT2D eigenvalue weighted by molar-refractivity contribution is 6.32. The van der Waals surface area contributed by atoms with Crippen LogP contribution in [0.2, 0.25) is 5.02 Å². The molecule has 0 amide bonds. The lowest BCUT2D eigenvalue weighted by Gasteiger charge is -2.39. The first kappa shape index (κ1) is 20.6. The van der Waals surface area contributed by atoms with Crippen LogP contribution in [0.1, 0.15) is 5.56 Å². The van der Waals surface area contributed by atoms with Crippen LogP contribution in [0.4, 0.5) is 0 Å². The van der Waals surface area contributed by atoms with Crippen molar-refractivity contribution in [2.75, 3.05) is 6.61 Å². The Morgan fingerprint density at radius 3 is 2.67 bits per heavy atom. The molecule has 30 heavy (non-hydrogen) atoms. The number of halogens is 1. The van der Waals surface area contributed by atoms with E-state index in [1.165, 1.54) is 6.20 Å². The Balaban J connectivity index is 1.59. The third kappa shape index (κ3) is 3.61. The molecule has 0 bridgehead atoms. The molecule has 1 aliphatic heterocycles. The van der Waals surface area contributed by atoms with E-state index < -0.39 is 37.3 Å². The number of benzene rings is 1. The van der Waals surface area contributed by atoms with E-state index in [1.807, 2.05) is 12.1 Å². The molecule has 10 heteroatoms. The van der Waals surface area contributed by atoms with E-state index in [-0.39, 0.29) is 10.8 Å². The van der Waals surface area contributed by atoms with Gasteiger partial charge in [0.25, 0.3) is 0 Å². The number of hydrogen-bond acceptors (Lipinski definition) is 8. The summed E-state index contributed by atoms with van der Waals surface area (Å²) in [6.45, 7) is -0.557. The number of ether oxygens (including phenoxy) is 2. The number of pyridine rings is 1. The van der Waals surface area contributed by atoms with Crippen molar-refractivity contribution in [1.82, 2.24) is 9.55 Å². The average Bonchev–Trinajstić information content (AvgIpc) is 3.18. The molecule has 0 radical (unpaired) electrons. The Morgan fingerprint density at radius 1 is 1.17 bits per heavy atom. The Labute approximate surface area is 175 Å². The van der Waals surface area contributed by atoms with Gasteiger partial charge in [0.1, 0.15) is 41.9 Å². The van der Waals surface area contributed by atoms with Crippen LogP contribution < -0.4 is 4.74 Å². The van der Waals surface area contributed by atoms with Crippen LogP contribution in [0, 0.1) is 11.3 Å². The SMILES string of the molecule is N#Cc1cnc2c(ccn2-c2ccc(O[C@H]3O[C@H](CO)[C@@H](O)[C@H](O)[C@@H]3O)c(Cl)c2)c1. The number of nitrogens with zero attached hydrogens (tertiary/aromatic N) is 3. The van der Waals surface area contributed by atoms with Crippen LogP contribution in [-0.2, 0) is 4.74 Å². The minimum atomic E-state index is -1.55. The molecule has 4 rings (SSSR count). The Bertz CT molecular complexity index is 1110. The maximum absolute atomic E-state index is 10.1. The summed E-state index contributed by atoms with van der Waals surface area (Å²) in [7, 11) is 0. The molecule has 3 heterocycles. The van der Waals surface area contributed by atoms with Gasteiger partial charge >= 0.3 is 0 Å². The molecular formula is C20H18ClN3O6. The van der Waals surface area contributed by atoms with Crippen molar-refractivity contribution >= 4 is 22.6 Å². The second-order valence-electron chi connectivity index (χ2n) is 6.86. The third-order valence-corrected chi connectivity index (χ3v) is 5.24. The first-order valence-electron chi connectivity index (χ1n) is 9.07. The Morgan fingerprint density at radius 2 is 1.97 bits per heavy atom. The lowest BCUT2D eigenvalue weighted by molar-refractivity contribution is -0.277. The van der Waals surface area contributed by atoms with E-state index in [2.05, 4.69) is 4.98 Å². The van der Waals surface area contributed by atoms with E-state index in [0.29, 0.717) is 16.9 Å². The van der Waals surface area contributed by atoms with Crippen molar-refractivity contribution in [3.05, 3.63) is 53.3 Å². The largest absolute Gasteiger partial charge is 0.460 e. The molecule has 1 fully saturated rings. The monoisotopic (exact) mass is 431 g/mol. The summed E-state index contributed by atoms with van der Waals surface area (Å²) >= 11 is 6.35. The van der Waals surface area contributed by atoms with Crippen molar-refractivity contribution in [3.63, 3.8) is 0 Å². The van der Waals surface area contributed by atoms with Gasteiger partial charge in [-0.1, -0.05) is 11.6 Å². The summed E-state index contributed by atoms with van der Waals surface area (Å²) in [5.74, 6) is 0.181. The van der Waals surface area contributed by atoms with Gasteiger partial charge in [-0.15, -0.1) is 0 Å². The summed E-state index contributed by atoms with van der Waals surface area (Å²) in [5, 5.41) is 49.2. The first-order chi connectivity index (χ1) is 14.4. The van der Waals surface area contributed by atoms with Crippen molar-refractivity contribution < 1.29 is 29.9 Å². The van der Waals surface area contributed by atoms with Gasteiger partial charge in [-0.3, -0.25) is 0 Å². The highest BCUT2D eigenvalue weighted by atomic mass is 35.5. The molecule has 1 aromatic carbocycles. The van der Waals surface area contributed by atoms with E-state index >= 15 is 0 Å². The molecule has 3 aromatic rings. The number of aliphatic hydroxyl groups is 4. The predicted octanol–water partition coefficient (Wildman–Crippen LogP) is 0.729. The van der Waals surface area contributed by atoms with Gasteiger partial charge in [-0.05, 0) is 30.3 Å². The summed E-state index contributed by atoms with van der Waals surface area (Å²) in [6.07, 6.45) is -3.69. The highest BCUT2D eigenvalue weighted by Gasteiger charge is 2.44. The first-order valence-corrected chi connectivity index (χ1v) is 9.45. The van der Waals surface area contributed by atoms with Gasteiger partial charge in [0.15, 0.2) is 0 Å². The number of aliphatic hydroxyl groups excluding tert-OH is 4. The van der Waals surface area contributed by atoms with Crippen LogP contribution in [0.3, 0.4) is 0 Å². The minimum Gasteiger partial charge on any atom is -0.460 e. The Kier molecular flexibility index (Phi) is 5.62. The molecular weight excluding hydrogens is 414 g/mol. The molecule has 2 aromatic heterocycles. The number of hydrogen-bond donors (Lipinski definition) is 4. The summed E-state index contributed by atoms with van der Waals surface area (Å²) in [5.41, 5.74) is 1.79. The van der Waals surface area contributed by atoms with E-state index in [9.17, 15) is 20.4 Å². The topological polar surface area (TPSA) is 141 Å². The summed E-state index contributed by atoms with van der Waals surface area (Å²) < 4.78 is 12.7. The number of nitriles is 1. The maximum Gasteiger partial charge on any atom is 0.229 e. The smallest absolute Gasteiger partial charge is 0.229 e. The van der Waals surface area contributed by atoms with Gasteiger partial charge in [0.2, 0.25) is 6.29 Å². The van der Waals surface area contributed by atoms with E-state index in [1.54, 1.807) is 35.0 Å². The number of fused-ring (bicyclic) bond motifs is 1. The van der Waals surface area contributed by atoms with Crippen LogP contribution in [0.25, 0.3) is 16.7 Å². The fraction of sp³-hybridized carbons (Fsp3) is 0.300. The molecule has 4 N–H and O–H groups in total. The molecule has 5 atom stereocenters. The maximum atomic E-state index is 10.1. The highest BCUT2D eigenvalue weighted by Crippen LogP contribution is 2.32. The molecule has 156 valence electrons. The van der Waals surface area contributed by atoms with Crippen molar-refractivity contribution in [3.8, 4) is 17.5 Å². The molecule has 1 saturated heterocycles. The second kappa shape index (κ2) is 8.20.